The summed E-state index contributed by atoms with van der Waals surface area (Å²) in [5.74, 6) is -0.879. The summed E-state index contributed by atoms with van der Waals surface area (Å²) in [6.07, 6.45) is 0.823. The van der Waals surface area contributed by atoms with Crippen LogP contribution in [0.5, 0.6) is 0 Å². The van der Waals surface area contributed by atoms with Crippen LogP contribution in [0.2, 0.25) is 0 Å². The first-order chi connectivity index (χ1) is 8.82. The van der Waals surface area contributed by atoms with Gasteiger partial charge in [0.05, 0.1) is 0 Å². The highest BCUT2D eigenvalue weighted by atomic mass is 32.2. The first-order valence-corrected chi connectivity index (χ1v) is 7.59. The van der Waals surface area contributed by atoms with Crippen LogP contribution in [0.3, 0.4) is 0 Å². The Hall–Kier alpha value is -1.34. The van der Waals surface area contributed by atoms with Crippen LogP contribution in [0.4, 0.5) is 0 Å². The highest BCUT2D eigenvalue weighted by Crippen LogP contribution is 2.29. The van der Waals surface area contributed by atoms with Crippen molar-refractivity contribution in [3.63, 3.8) is 0 Å². The average molecular weight is 287 g/mol. The van der Waals surface area contributed by atoms with Crippen molar-refractivity contribution in [2.75, 3.05) is 13.1 Å². The normalized spacial score (nSPS) is 21.1. The Bertz CT molecular complexity index is 575. The highest BCUT2D eigenvalue weighted by molar-refractivity contribution is 7.89. The van der Waals surface area contributed by atoms with Crippen LogP contribution in [-0.2, 0) is 10.0 Å². The molecule has 0 radical (unpaired) electrons. The van der Waals surface area contributed by atoms with Gasteiger partial charge in [-0.05, 0) is 30.4 Å². The number of carboxylic acids is 1. The zero-order chi connectivity index (χ0) is 14.2. The summed E-state index contributed by atoms with van der Waals surface area (Å²) in [4.78, 5) is 10.7. The molecule has 106 valence electrons. The van der Waals surface area contributed by atoms with Crippen LogP contribution in [0.25, 0.3) is 0 Å². The molecule has 1 atom stereocenters. The number of aromatic carboxylic acids is 1. The summed E-state index contributed by atoms with van der Waals surface area (Å²) < 4.78 is 30.8. The van der Waals surface area contributed by atoms with Gasteiger partial charge in [-0.15, -0.1) is 0 Å². The first kappa shape index (κ1) is 14.1. The molecule has 0 spiro atoms. The number of nitrogens with zero attached hydrogens (tertiary/aromatic N) is 1. The van der Waals surface area contributed by atoms with Gasteiger partial charge in [0, 0.05) is 13.1 Å². The number of rotatable bonds is 4. The summed E-state index contributed by atoms with van der Waals surface area (Å²) >= 11 is 0. The van der Waals surface area contributed by atoms with Crippen molar-refractivity contribution in [3.8, 4) is 0 Å². The molecule has 1 aromatic rings. The van der Waals surface area contributed by atoms with Crippen LogP contribution in [0.1, 0.15) is 30.8 Å². The van der Waals surface area contributed by atoms with E-state index in [4.69, 9.17) is 9.52 Å². The fourth-order valence-corrected chi connectivity index (χ4v) is 3.64. The van der Waals surface area contributed by atoms with Crippen molar-refractivity contribution in [2.45, 2.75) is 25.4 Å². The summed E-state index contributed by atoms with van der Waals surface area (Å²) in [5.41, 5.74) is 0. The smallest absolute Gasteiger partial charge is 0.371 e. The molecule has 1 N–H and O–H groups in total. The molecule has 1 aromatic heterocycles. The van der Waals surface area contributed by atoms with E-state index in [-0.39, 0.29) is 10.9 Å². The van der Waals surface area contributed by atoms with Gasteiger partial charge in [0.15, 0.2) is 0 Å². The van der Waals surface area contributed by atoms with E-state index in [0.29, 0.717) is 24.9 Å². The minimum Gasteiger partial charge on any atom is -0.475 e. The molecule has 6 nitrogen and oxygen atoms in total. The zero-order valence-electron chi connectivity index (χ0n) is 10.9. The fourth-order valence-electron chi connectivity index (χ4n) is 2.22. The second-order valence-corrected chi connectivity index (χ2v) is 6.95. The van der Waals surface area contributed by atoms with Crippen molar-refractivity contribution in [3.05, 3.63) is 17.9 Å². The number of hydrogen-bond acceptors (Lipinski definition) is 4. The van der Waals surface area contributed by atoms with E-state index in [1.54, 1.807) is 0 Å². The van der Waals surface area contributed by atoms with Crippen LogP contribution in [-0.4, -0.2) is 36.9 Å². The average Bonchev–Trinajstić information content (AvgIpc) is 2.99. The number of carboxylic acid groups (broad SMARTS) is 1. The van der Waals surface area contributed by atoms with Gasteiger partial charge in [-0.1, -0.05) is 13.8 Å². The molecule has 1 unspecified atom stereocenters. The topological polar surface area (TPSA) is 87.8 Å². The maximum atomic E-state index is 12.3. The van der Waals surface area contributed by atoms with Crippen molar-refractivity contribution in [2.24, 2.45) is 11.8 Å². The van der Waals surface area contributed by atoms with Gasteiger partial charge in [-0.2, -0.15) is 4.31 Å². The maximum Gasteiger partial charge on any atom is 0.371 e. The quantitative estimate of drug-likeness (QED) is 0.909. The second-order valence-electron chi connectivity index (χ2n) is 5.08. The van der Waals surface area contributed by atoms with E-state index in [9.17, 15) is 13.2 Å². The van der Waals surface area contributed by atoms with Crippen molar-refractivity contribution in [1.29, 1.82) is 0 Å². The Kier molecular flexibility index (Phi) is 3.69. The molecule has 1 aliphatic heterocycles. The number of sulfonamides is 1. The largest absolute Gasteiger partial charge is 0.475 e. The molecule has 0 saturated carbocycles. The summed E-state index contributed by atoms with van der Waals surface area (Å²) in [6.45, 7) is 5.05. The van der Waals surface area contributed by atoms with E-state index >= 15 is 0 Å². The van der Waals surface area contributed by atoms with Gasteiger partial charge in [0.1, 0.15) is 0 Å². The number of carbonyl (C=O) groups is 1. The molecule has 1 saturated heterocycles. The zero-order valence-corrected chi connectivity index (χ0v) is 11.7. The SMILES string of the molecule is CC(C)C1CCN(S(=O)(=O)c2ccc(C(=O)O)o2)C1. The Balaban J connectivity index is 2.21. The first-order valence-electron chi connectivity index (χ1n) is 6.15. The van der Waals surface area contributed by atoms with Crippen LogP contribution < -0.4 is 0 Å². The molecular weight excluding hydrogens is 270 g/mol. The lowest BCUT2D eigenvalue weighted by atomic mass is 9.96. The Morgan fingerprint density at radius 3 is 2.63 bits per heavy atom. The Labute approximate surface area is 112 Å². The molecular formula is C12H17NO5S. The minimum absolute atomic E-state index is 0.297. The van der Waals surface area contributed by atoms with Crippen molar-refractivity contribution < 1.29 is 22.7 Å². The lowest BCUT2D eigenvalue weighted by molar-refractivity contribution is 0.0656. The lowest BCUT2D eigenvalue weighted by Crippen LogP contribution is -2.29. The molecule has 0 bridgehead atoms. The molecule has 7 heteroatoms. The van der Waals surface area contributed by atoms with Crippen LogP contribution in [0.15, 0.2) is 21.6 Å². The van der Waals surface area contributed by atoms with Gasteiger partial charge in [0.2, 0.25) is 10.9 Å². The molecule has 2 rings (SSSR count). The fraction of sp³-hybridized carbons (Fsp3) is 0.583. The molecule has 1 fully saturated rings. The van der Waals surface area contributed by atoms with E-state index < -0.39 is 16.0 Å². The molecule has 2 heterocycles. The van der Waals surface area contributed by atoms with E-state index in [0.717, 1.165) is 12.5 Å². The molecule has 0 amide bonds. The predicted octanol–water partition coefficient (Wildman–Crippen LogP) is 1.64. The Morgan fingerprint density at radius 1 is 1.47 bits per heavy atom. The van der Waals surface area contributed by atoms with Crippen LogP contribution in [0, 0.1) is 11.8 Å². The summed E-state index contributed by atoms with van der Waals surface area (Å²) in [5, 5.41) is 8.44. The van der Waals surface area contributed by atoms with Gasteiger partial charge in [0.25, 0.3) is 10.0 Å². The number of furan rings is 1. The van der Waals surface area contributed by atoms with Crippen LogP contribution >= 0.6 is 0 Å². The maximum absolute atomic E-state index is 12.3. The minimum atomic E-state index is -3.71. The third-order valence-electron chi connectivity index (χ3n) is 3.52. The Morgan fingerprint density at radius 2 is 2.16 bits per heavy atom. The molecule has 1 aliphatic rings. The predicted molar refractivity (Wildman–Crippen MR) is 67.4 cm³/mol. The standard InChI is InChI=1S/C12H17NO5S/c1-8(2)9-5-6-13(7-9)19(16,17)11-4-3-10(18-11)12(14)15/h3-4,8-9H,5-7H2,1-2H3,(H,14,15). The van der Waals surface area contributed by atoms with E-state index in [1.807, 2.05) is 0 Å². The van der Waals surface area contributed by atoms with Gasteiger partial charge >= 0.3 is 5.97 Å². The number of hydrogen-bond donors (Lipinski definition) is 1. The summed E-state index contributed by atoms with van der Waals surface area (Å²) in [6, 6.07) is 2.35. The summed E-state index contributed by atoms with van der Waals surface area (Å²) in [7, 11) is -3.71. The van der Waals surface area contributed by atoms with Gasteiger partial charge < -0.3 is 9.52 Å². The highest BCUT2D eigenvalue weighted by Gasteiger charge is 2.35. The molecule has 0 aliphatic carbocycles. The van der Waals surface area contributed by atoms with Gasteiger partial charge in [-0.25, -0.2) is 13.2 Å². The molecule has 0 aromatic carbocycles. The third-order valence-corrected chi connectivity index (χ3v) is 5.26. The monoisotopic (exact) mass is 287 g/mol. The molecule has 19 heavy (non-hydrogen) atoms. The van der Waals surface area contributed by atoms with Crippen molar-refractivity contribution in [1.82, 2.24) is 4.31 Å². The van der Waals surface area contributed by atoms with E-state index in [2.05, 4.69) is 13.8 Å². The van der Waals surface area contributed by atoms with Gasteiger partial charge in [-0.3, -0.25) is 0 Å². The third kappa shape index (κ3) is 2.66. The lowest BCUT2D eigenvalue weighted by Gasteiger charge is -2.16. The van der Waals surface area contributed by atoms with E-state index in [1.165, 1.54) is 10.4 Å². The van der Waals surface area contributed by atoms with Crippen molar-refractivity contribution >= 4 is 16.0 Å². The second kappa shape index (κ2) is 4.97.